The van der Waals surface area contributed by atoms with Crippen molar-refractivity contribution < 1.29 is 4.79 Å². The SMILES string of the molecule is NC(=O)C1CCCN(Cc2cccc(CNCc3cscn3)c2)C1. The number of nitrogens with zero attached hydrogens (tertiary/aromatic N) is 2. The average molecular weight is 344 g/mol. The Labute approximate surface area is 146 Å². The number of rotatable bonds is 7. The van der Waals surface area contributed by atoms with Crippen LogP contribution in [-0.2, 0) is 24.4 Å². The minimum Gasteiger partial charge on any atom is -0.369 e. The maximum atomic E-state index is 11.4. The van der Waals surface area contributed by atoms with Crippen LogP contribution in [0.4, 0.5) is 0 Å². The second-order valence-corrected chi connectivity index (χ2v) is 7.10. The second-order valence-electron chi connectivity index (χ2n) is 6.38. The van der Waals surface area contributed by atoms with E-state index < -0.39 is 0 Å². The molecular weight excluding hydrogens is 320 g/mol. The zero-order chi connectivity index (χ0) is 16.8. The molecule has 2 heterocycles. The molecule has 1 unspecified atom stereocenters. The van der Waals surface area contributed by atoms with Crippen LogP contribution in [-0.4, -0.2) is 28.9 Å². The van der Waals surface area contributed by atoms with Gasteiger partial charge in [0.1, 0.15) is 0 Å². The summed E-state index contributed by atoms with van der Waals surface area (Å²) in [6.45, 7) is 4.32. The molecule has 6 heteroatoms. The Kier molecular flexibility index (Phi) is 5.96. The van der Waals surface area contributed by atoms with Gasteiger partial charge in [-0.25, -0.2) is 4.98 Å². The van der Waals surface area contributed by atoms with Crippen molar-refractivity contribution in [3.63, 3.8) is 0 Å². The van der Waals surface area contributed by atoms with Crippen LogP contribution in [0.3, 0.4) is 0 Å². The Balaban J connectivity index is 1.52. The third-order valence-electron chi connectivity index (χ3n) is 4.42. The molecule has 5 nitrogen and oxygen atoms in total. The first-order chi connectivity index (χ1) is 11.7. The Morgan fingerprint density at radius 3 is 3.04 bits per heavy atom. The lowest BCUT2D eigenvalue weighted by Gasteiger charge is -2.31. The number of benzene rings is 1. The number of nitrogens with one attached hydrogen (secondary N) is 1. The molecule has 0 aliphatic carbocycles. The molecule has 0 radical (unpaired) electrons. The van der Waals surface area contributed by atoms with Gasteiger partial charge in [-0.15, -0.1) is 11.3 Å². The second kappa shape index (κ2) is 8.37. The number of hydrogen-bond donors (Lipinski definition) is 2. The number of nitrogens with two attached hydrogens (primary N) is 1. The number of piperidine rings is 1. The maximum absolute atomic E-state index is 11.4. The van der Waals surface area contributed by atoms with Gasteiger partial charge in [0.15, 0.2) is 0 Å². The maximum Gasteiger partial charge on any atom is 0.221 e. The fraction of sp³-hybridized carbons (Fsp3) is 0.444. The summed E-state index contributed by atoms with van der Waals surface area (Å²) in [6.07, 6.45) is 1.97. The zero-order valence-corrected chi connectivity index (χ0v) is 14.6. The predicted octanol–water partition coefficient (Wildman–Crippen LogP) is 2.13. The molecule has 0 saturated carbocycles. The highest BCUT2D eigenvalue weighted by molar-refractivity contribution is 7.07. The molecule has 2 aromatic rings. The number of amides is 1. The van der Waals surface area contributed by atoms with Crippen molar-refractivity contribution in [1.82, 2.24) is 15.2 Å². The van der Waals surface area contributed by atoms with Gasteiger partial charge in [-0.05, 0) is 30.5 Å². The first-order valence-corrected chi connectivity index (χ1v) is 9.32. The van der Waals surface area contributed by atoms with Crippen molar-refractivity contribution in [1.29, 1.82) is 0 Å². The Morgan fingerprint density at radius 2 is 2.25 bits per heavy atom. The molecule has 3 N–H and O–H groups in total. The number of primary amides is 1. The van der Waals surface area contributed by atoms with Crippen molar-refractivity contribution in [2.75, 3.05) is 13.1 Å². The van der Waals surface area contributed by atoms with E-state index in [9.17, 15) is 4.79 Å². The zero-order valence-electron chi connectivity index (χ0n) is 13.8. The first-order valence-electron chi connectivity index (χ1n) is 8.38. The van der Waals surface area contributed by atoms with Gasteiger partial charge in [-0.3, -0.25) is 9.69 Å². The minimum absolute atomic E-state index is 0.00158. The van der Waals surface area contributed by atoms with Crippen molar-refractivity contribution in [2.45, 2.75) is 32.5 Å². The number of carbonyl (C=O) groups is 1. The van der Waals surface area contributed by atoms with Crippen LogP contribution in [0.2, 0.25) is 0 Å². The summed E-state index contributed by atoms with van der Waals surface area (Å²) in [5, 5.41) is 5.49. The van der Waals surface area contributed by atoms with Crippen LogP contribution in [0.15, 0.2) is 35.2 Å². The molecule has 1 amide bonds. The van der Waals surface area contributed by atoms with Gasteiger partial charge in [0.05, 0.1) is 17.1 Å². The van der Waals surface area contributed by atoms with Crippen LogP contribution < -0.4 is 11.1 Å². The number of carbonyl (C=O) groups excluding carboxylic acids is 1. The quantitative estimate of drug-likeness (QED) is 0.807. The summed E-state index contributed by atoms with van der Waals surface area (Å²) in [5.74, 6) is -0.165. The van der Waals surface area contributed by atoms with Crippen molar-refractivity contribution >= 4 is 17.2 Å². The lowest BCUT2D eigenvalue weighted by atomic mass is 9.97. The number of likely N-dealkylation sites (tertiary alicyclic amines) is 1. The molecule has 1 saturated heterocycles. The molecule has 24 heavy (non-hydrogen) atoms. The van der Waals surface area contributed by atoms with Crippen LogP contribution in [0.1, 0.15) is 29.7 Å². The number of aromatic nitrogens is 1. The molecule has 0 spiro atoms. The molecule has 1 aromatic heterocycles. The van der Waals surface area contributed by atoms with Crippen LogP contribution in [0, 0.1) is 5.92 Å². The van der Waals surface area contributed by atoms with Crippen molar-refractivity contribution in [2.24, 2.45) is 11.7 Å². The van der Waals surface area contributed by atoms with E-state index in [1.807, 2.05) is 5.51 Å². The van der Waals surface area contributed by atoms with E-state index in [2.05, 4.69) is 44.8 Å². The normalized spacial score (nSPS) is 18.6. The fourth-order valence-electron chi connectivity index (χ4n) is 3.19. The van der Waals surface area contributed by atoms with E-state index in [0.29, 0.717) is 0 Å². The highest BCUT2D eigenvalue weighted by Gasteiger charge is 2.23. The predicted molar refractivity (Wildman–Crippen MR) is 96.3 cm³/mol. The molecule has 1 aromatic carbocycles. The van der Waals surface area contributed by atoms with Crippen molar-refractivity contribution in [3.05, 3.63) is 52.0 Å². The summed E-state index contributed by atoms with van der Waals surface area (Å²) in [4.78, 5) is 18.0. The summed E-state index contributed by atoms with van der Waals surface area (Å²) in [5.41, 5.74) is 11.0. The van der Waals surface area contributed by atoms with E-state index in [1.165, 1.54) is 11.1 Å². The van der Waals surface area contributed by atoms with Gasteiger partial charge >= 0.3 is 0 Å². The largest absolute Gasteiger partial charge is 0.369 e. The molecule has 1 aliphatic rings. The summed E-state index contributed by atoms with van der Waals surface area (Å²) in [6, 6.07) is 8.63. The molecule has 1 aliphatic heterocycles. The van der Waals surface area contributed by atoms with Crippen LogP contribution in [0.25, 0.3) is 0 Å². The molecule has 1 atom stereocenters. The first kappa shape index (κ1) is 17.1. The molecule has 128 valence electrons. The van der Waals surface area contributed by atoms with Gasteiger partial charge in [0.25, 0.3) is 0 Å². The topological polar surface area (TPSA) is 71.2 Å². The van der Waals surface area contributed by atoms with Gasteiger partial charge in [-0.2, -0.15) is 0 Å². The van der Waals surface area contributed by atoms with Gasteiger partial charge in [0.2, 0.25) is 5.91 Å². The highest BCUT2D eigenvalue weighted by Crippen LogP contribution is 2.18. The van der Waals surface area contributed by atoms with Gasteiger partial charge < -0.3 is 11.1 Å². The molecule has 1 fully saturated rings. The van der Waals surface area contributed by atoms with E-state index in [1.54, 1.807) is 11.3 Å². The third kappa shape index (κ3) is 4.87. The number of thiazole rings is 1. The lowest BCUT2D eigenvalue weighted by Crippen LogP contribution is -2.40. The van der Waals surface area contributed by atoms with E-state index in [-0.39, 0.29) is 11.8 Å². The smallest absolute Gasteiger partial charge is 0.221 e. The van der Waals surface area contributed by atoms with E-state index in [0.717, 1.165) is 51.3 Å². The van der Waals surface area contributed by atoms with E-state index in [4.69, 9.17) is 5.73 Å². The third-order valence-corrected chi connectivity index (χ3v) is 5.06. The Morgan fingerprint density at radius 1 is 1.38 bits per heavy atom. The van der Waals surface area contributed by atoms with Crippen LogP contribution >= 0.6 is 11.3 Å². The molecule has 3 rings (SSSR count). The van der Waals surface area contributed by atoms with Gasteiger partial charge in [-0.1, -0.05) is 24.3 Å². The lowest BCUT2D eigenvalue weighted by molar-refractivity contribution is -0.123. The fourth-order valence-corrected chi connectivity index (χ4v) is 3.75. The van der Waals surface area contributed by atoms with Crippen molar-refractivity contribution in [3.8, 4) is 0 Å². The van der Waals surface area contributed by atoms with E-state index >= 15 is 0 Å². The summed E-state index contributed by atoms with van der Waals surface area (Å²) < 4.78 is 0. The molecular formula is C18H24N4OS. The average Bonchev–Trinajstić information content (AvgIpc) is 3.09. The standard InChI is InChI=1S/C18H24N4OS/c19-18(23)16-5-2-6-22(11-16)10-15-4-1-3-14(7-15)8-20-9-17-12-24-13-21-17/h1,3-4,7,12-13,16,20H,2,5-6,8-11H2,(H2,19,23). The molecule has 0 bridgehead atoms. The summed E-state index contributed by atoms with van der Waals surface area (Å²) >= 11 is 1.62. The van der Waals surface area contributed by atoms with Crippen LogP contribution in [0.5, 0.6) is 0 Å². The Bertz CT molecular complexity index is 659. The highest BCUT2D eigenvalue weighted by atomic mass is 32.1. The van der Waals surface area contributed by atoms with Gasteiger partial charge in [0, 0.05) is 31.6 Å². The number of hydrogen-bond acceptors (Lipinski definition) is 5. The summed E-state index contributed by atoms with van der Waals surface area (Å²) in [7, 11) is 0. The monoisotopic (exact) mass is 344 g/mol. The Hall–Kier alpha value is -1.76. The minimum atomic E-state index is -0.167.